The van der Waals surface area contributed by atoms with Crippen LogP contribution in [0, 0.1) is 0 Å². The van der Waals surface area contributed by atoms with Crippen LogP contribution in [0.4, 0.5) is 0 Å². The molecule has 26 heavy (non-hydrogen) atoms. The molecule has 0 aliphatic carbocycles. The Morgan fingerprint density at radius 2 is 1.27 bits per heavy atom. The Morgan fingerprint density at radius 1 is 0.654 bits per heavy atom. The van der Waals surface area contributed by atoms with E-state index in [-0.39, 0.29) is 0 Å². The summed E-state index contributed by atoms with van der Waals surface area (Å²) in [5.74, 6) is 0. The summed E-state index contributed by atoms with van der Waals surface area (Å²) in [7, 11) is 0. The van der Waals surface area contributed by atoms with Gasteiger partial charge < -0.3 is 0 Å². The van der Waals surface area contributed by atoms with Crippen LogP contribution in [-0.4, -0.2) is 0 Å². The standard InChI is InChI=1S/C25H38S/c1-2-3-4-5-6-7-8-9-10-11-12-13-14-17-23-18-15-19-24(22-23)25-20-16-21-26-25/h15-16,18-22H,2-14,17H2,1H3. The van der Waals surface area contributed by atoms with Gasteiger partial charge in [-0.2, -0.15) is 0 Å². The van der Waals surface area contributed by atoms with Crippen LogP contribution in [0.15, 0.2) is 41.8 Å². The molecule has 1 aromatic heterocycles. The molecule has 0 amide bonds. The lowest BCUT2D eigenvalue weighted by Crippen LogP contribution is -1.87. The highest BCUT2D eigenvalue weighted by Crippen LogP contribution is 2.25. The van der Waals surface area contributed by atoms with E-state index >= 15 is 0 Å². The van der Waals surface area contributed by atoms with Crippen molar-refractivity contribution in [1.29, 1.82) is 0 Å². The van der Waals surface area contributed by atoms with Crippen molar-refractivity contribution >= 4 is 11.3 Å². The van der Waals surface area contributed by atoms with E-state index in [1.54, 1.807) is 0 Å². The van der Waals surface area contributed by atoms with E-state index in [1.165, 1.54) is 106 Å². The second-order valence-electron chi connectivity index (χ2n) is 7.67. The smallest absolute Gasteiger partial charge is 0.0342 e. The third-order valence-corrected chi connectivity index (χ3v) is 6.22. The van der Waals surface area contributed by atoms with Crippen LogP contribution in [-0.2, 0) is 6.42 Å². The number of hydrogen-bond donors (Lipinski definition) is 0. The molecule has 0 aliphatic rings. The fourth-order valence-electron chi connectivity index (χ4n) is 3.67. The van der Waals surface area contributed by atoms with Crippen molar-refractivity contribution in [3.63, 3.8) is 0 Å². The lowest BCUT2D eigenvalue weighted by molar-refractivity contribution is 0.539. The Hall–Kier alpha value is -1.08. The molecule has 0 spiro atoms. The molecule has 0 bridgehead atoms. The summed E-state index contributed by atoms with van der Waals surface area (Å²) in [6.45, 7) is 2.29. The van der Waals surface area contributed by atoms with Crippen molar-refractivity contribution in [2.24, 2.45) is 0 Å². The van der Waals surface area contributed by atoms with Crippen molar-refractivity contribution in [3.8, 4) is 10.4 Å². The average Bonchev–Trinajstić information content (AvgIpc) is 3.21. The molecule has 0 N–H and O–H groups in total. The number of rotatable bonds is 15. The summed E-state index contributed by atoms with van der Waals surface area (Å²) in [5.41, 5.74) is 2.88. The maximum atomic E-state index is 2.38. The fraction of sp³-hybridized carbons (Fsp3) is 0.600. The molecular formula is C25H38S. The van der Waals surface area contributed by atoms with Gasteiger partial charge in [0, 0.05) is 4.88 Å². The van der Waals surface area contributed by atoms with Gasteiger partial charge in [0.15, 0.2) is 0 Å². The topological polar surface area (TPSA) is 0 Å². The maximum absolute atomic E-state index is 2.38. The molecule has 1 heteroatoms. The molecular weight excluding hydrogens is 332 g/mol. The van der Waals surface area contributed by atoms with E-state index in [9.17, 15) is 0 Å². The van der Waals surface area contributed by atoms with Crippen molar-refractivity contribution in [3.05, 3.63) is 47.3 Å². The molecule has 144 valence electrons. The van der Waals surface area contributed by atoms with E-state index in [0.29, 0.717) is 0 Å². The van der Waals surface area contributed by atoms with Gasteiger partial charge in [0.05, 0.1) is 0 Å². The number of hydrogen-bond acceptors (Lipinski definition) is 1. The Balaban J connectivity index is 1.44. The van der Waals surface area contributed by atoms with Crippen LogP contribution in [0.1, 0.15) is 96.0 Å². The van der Waals surface area contributed by atoms with Crippen molar-refractivity contribution in [2.45, 2.75) is 96.8 Å². The van der Waals surface area contributed by atoms with Crippen molar-refractivity contribution in [2.75, 3.05) is 0 Å². The molecule has 0 radical (unpaired) electrons. The molecule has 1 aromatic carbocycles. The summed E-state index contributed by atoms with van der Waals surface area (Å²) >= 11 is 1.83. The summed E-state index contributed by atoms with van der Waals surface area (Å²) in [6.07, 6.45) is 19.8. The van der Waals surface area contributed by atoms with E-state index in [0.717, 1.165) is 0 Å². The minimum Gasteiger partial charge on any atom is -0.144 e. The lowest BCUT2D eigenvalue weighted by Gasteiger charge is -2.05. The van der Waals surface area contributed by atoms with Crippen LogP contribution >= 0.6 is 11.3 Å². The molecule has 2 rings (SSSR count). The second-order valence-corrected chi connectivity index (χ2v) is 8.62. The highest BCUT2D eigenvalue weighted by Gasteiger charge is 2.00. The summed E-state index contributed by atoms with van der Waals surface area (Å²) in [5, 5.41) is 2.16. The van der Waals surface area contributed by atoms with E-state index < -0.39 is 0 Å². The van der Waals surface area contributed by atoms with Gasteiger partial charge in [0.25, 0.3) is 0 Å². The quantitative estimate of drug-likeness (QED) is 0.274. The van der Waals surface area contributed by atoms with Gasteiger partial charge in [-0.1, -0.05) is 114 Å². The van der Waals surface area contributed by atoms with Gasteiger partial charge in [0.1, 0.15) is 0 Å². The minimum absolute atomic E-state index is 1.23. The van der Waals surface area contributed by atoms with Gasteiger partial charge in [-0.3, -0.25) is 0 Å². The fourth-order valence-corrected chi connectivity index (χ4v) is 4.39. The Labute approximate surface area is 166 Å². The van der Waals surface area contributed by atoms with Crippen LogP contribution in [0.5, 0.6) is 0 Å². The largest absolute Gasteiger partial charge is 0.144 e. The van der Waals surface area contributed by atoms with Crippen molar-refractivity contribution in [1.82, 2.24) is 0 Å². The van der Waals surface area contributed by atoms with E-state index in [4.69, 9.17) is 0 Å². The predicted molar refractivity (Wildman–Crippen MR) is 119 cm³/mol. The zero-order chi connectivity index (χ0) is 18.3. The van der Waals surface area contributed by atoms with Crippen LogP contribution in [0.3, 0.4) is 0 Å². The minimum atomic E-state index is 1.23. The Bertz CT molecular complexity index is 555. The second kappa shape index (κ2) is 14.0. The van der Waals surface area contributed by atoms with E-state index in [2.05, 4.69) is 48.7 Å². The molecule has 1 heterocycles. The van der Waals surface area contributed by atoms with Gasteiger partial charge in [-0.15, -0.1) is 11.3 Å². The molecule has 0 atom stereocenters. The van der Waals surface area contributed by atoms with Crippen LogP contribution in [0.2, 0.25) is 0 Å². The summed E-state index contributed by atoms with van der Waals surface area (Å²) in [6, 6.07) is 13.5. The van der Waals surface area contributed by atoms with Crippen molar-refractivity contribution < 1.29 is 0 Å². The third kappa shape index (κ3) is 9.03. The first-order valence-corrected chi connectivity index (χ1v) is 11.9. The third-order valence-electron chi connectivity index (χ3n) is 5.30. The molecule has 0 aliphatic heterocycles. The highest BCUT2D eigenvalue weighted by atomic mass is 32.1. The molecule has 0 saturated carbocycles. The lowest BCUT2D eigenvalue weighted by atomic mass is 10.0. The summed E-state index contributed by atoms with van der Waals surface area (Å²) in [4.78, 5) is 1.39. The number of benzene rings is 1. The molecule has 0 nitrogen and oxygen atoms in total. The molecule has 0 unspecified atom stereocenters. The predicted octanol–water partition coefficient (Wildman–Crippen LogP) is 9.05. The molecule has 0 fully saturated rings. The van der Waals surface area contributed by atoms with Gasteiger partial charge in [0.2, 0.25) is 0 Å². The maximum Gasteiger partial charge on any atom is 0.0342 e. The zero-order valence-corrected chi connectivity index (χ0v) is 17.7. The number of aryl methyl sites for hydroxylation is 1. The monoisotopic (exact) mass is 370 g/mol. The molecule has 2 aromatic rings. The highest BCUT2D eigenvalue weighted by molar-refractivity contribution is 7.13. The normalized spacial score (nSPS) is 11.1. The van der Waals surface area contributed by atoms with E-state index in [1.807, 2.05) is 11.3 Å². The number of unbranched alkanes of at least 4 members (excludes halogenated alkanes) is 12. The zero-order valence-electron chi connectivity index (χ0n) is 16.8. The van der Waals surface area contributed by atoms with Gasteiger partial charge in [-0.05, 0) is 35.4 Å². The number of thiophene rings is 1. The summed E-state index contributed by atoms with van der Waals surface area (Å²) < 4.78 is 0. The van der Waals surface area contributed by atoms with Crippen LogP contribution in [0.25, 0.3) is 10.4 Å². The van der Waals surface area contributed by atoms with Gasteiger partial charge in [-0.25, -0.2) is 0 Å². The van der Waals surface area contributed by atoms with Crippen LogP contribution < -0.4 is 0 Å². The molecule has 0 saturated heterocycles. The SMILES string of the molecule is CCCCCCCCCCCCCCCc1cccc(-c2cccs2)c1. The van der Waals surface area contributed by atoms with Gasteiger partial charge >= 0.3 is 0 Å². The average molecular weight is 371 g/mol. The Morgan fingerprint density at radius 3 is 1.85 bits per heavy atom. The Kier molecular flexibility index (Phi) is 11.5. The first-order valence-electron chi connectivity index (χ1n) is 11.0. The first-order chi connectivity index (χ1) is 12.9. The first kappa shape index (κ1) is 21.2.